The molecule has 2 nitrogen and oxygen atoms in total. The molecular weight excluding hydrogens is 124 g/mol. The van der Waals surface area contributed by atoms with E-state index in [9.17, 15) is 0 Å². The quantitative estimate of drug-likeness (QED) is 0.595. The summed E-state index contributed by atoms with van der Waals surface area (Å²) in [5.74, 6) is 0. The van der Waals surface area contributed by atoms with Crippen molar-refractivity contribution in [3.63, 3.8) is 0 Å². The lowest BCUT2D eigenvalue weighted by atomic mass is 10.3. The third kappa shape index (κ3) is 4.27. The predicted octanol–water partition coefficient (Wildman–Crippen LogP) is 1.72. The molecule has 58 valence electrons. The summed E-state index contributed by atoms with van der Waals surface area (Å²) in [6.07, 6.45) is 2.88. The first-order valence-corrected chi connectivity index (χ1v) is 3.58. The highest BCUT2D eigenvalue weighted by atomic mass is 14.8. The van der Waals surface area contributed by atoms with E-state index >= 15 is 0 Å². The minimum Gasteiger partial charge on any atom is -0.330 e. The molecule has 0 aliphatic heterocycles. The minimum atomic E-state index is 0.677. The highest BCUT2D eigenvalue weighted by Gasteiger charge is 1.89. The third-order valence-corrected chi connectivity index (χ3v) is 1.10. The summed E-state index contributed by atoms with van der Waals surface area (Å²) in [5, 5.41) is 0. The van der Waals surface area contributed by atoms with E-state index in [1.54, 1.807) is 0 Å². The number of hydrogen-bond acceptors (Lipinski definition) is 2. The predicted molar refractivity (Wildman–Crippen MR) is 46.2 cm³/mol. The molecule has 0 heterocycles. The average molecular weight is 140 g/mol. The Morgan fingerprint density at radius 1 is 1.50 bits per heavy atom. The Labute approximate surface area is 62.8 Å². The van der Waals surface area contributed by atoms with Crippen LogP contribution in [0.5, 0.6) is 0 Å². The van der Waals surface area contributed by atoms with Crippen LogP contribution in [-0.2, 0) is 0 Å². The number of rotatable bonds is 3. The highest BCUT2D eigenvalue weighted by molar-refractivity contribution is 5.80. The molecule has 0 spiro atoms. The van der Waals surface area contributed by atoms with Crippen LogP contribution in [0.4, 0.5) is 0 Å². The summed E-state index contributed by atoms with van der Waals surface area (Å²) < 4.78 is 0. The number of aliphatic imine (C=N–C) groups is 1. The molecule has 0 radical (unpaired) electrons. The first-order valence-electron chi connectivity index (χ1n) is 3.58. The van der Waals surface area contributed by atoms with Gasteiger partial charge in [-0.2, -0.15) is 0 Å². The van der Waals surface area contributed by atoms with Gasteiger partial charge >= 0.3 is 0 Å². The number of nitrogens with two attached hydrogens (primary N) is 1. The van der Waals surface area contributed by atoms with Gasteiger partial charge in [0.25, 0.3) is 0 Å². The number of hydrogen-bond donors (Lipinski definition) is 1. The largest absolute Gasteiger partial charge is 0.330 e. The maximum Gasteiger partial charge on any atom is 0.0372 e. The van der Waals surface area contributed by atoms with E-state index in [0.717, 1.165) is 17.8 Å². The summed E-state index contributed by atoms with van der Waals surface area (Å²) >= 11 is 0. The Hall–Kier alpha value is -0.630. The van der Waals surface area contributed by atoms with Crippen molar-refractivity contribution in [3.8, 4) is 0 Å². The van der Waals surface area contributed by atoms with Crippen molar-refractivity contribution in [1.29, 1.82) is 0 Å². The smallest absolute Gasteiger partial charge is 0.0372 e. The van der Waals surface area contributed by atoms with E-state index in [1.165, 1.54) is 0 Å². The van der Waals surface area contributed by atoms with Crippen molar-refractivity contribution >= 4 is 5.71 Å². The third-order valence-electron chi connectivity index (χ3n) is 1.10. The van der Waals surface area contributed by atoms with Gasteiger partial charge in [-0.3, -0.25) is 4.99 Å². The maximum atomic E-state index is 5.37. The van der Waals surface area contributed by atoms with Crippen molar-refractivity contribution < 1.29 is 0 Å². The molecule has 0 aromatic rings. The molecule has 0 rings (SSSR count). The van der Waals surface area contributed by atoms with Gasteiger partial charge < -0.3 is 5.73 Å². The zero-order chi connectivity index (χ0) is 7.98. The minimum absolute atomic E-state index is 0.677. The van der Waals surface area contributed by atoms with Gasteiger partial charge in [-0.05, 0) is 27.3 Å². The van der Waals surface area contributed by atoms with Gasteiger partial charge in [-0.1, -0.05) is 6.08 Å². The van der Waals surface area contributed by atoms with Crippen LogP contribution < -0.4 is 5.73 Å². The fourth-order valence-corrected chi connectivity index (χ4v) is 0.700. The maximum absolute atomic E-state index is 5.37. The lowest BCUT2D eigenvalue weighted by molar-refractivity contribution is 0.932. The summed E-state index contributed by atoms with van der Waals surface area (Å²) in [4.78, 5) is 4.28. The van der Waals surface area contributed by atoms with Crippen LogP contribution in [0.3, 0.4) is 0 Å². The molecule has 0 saturated carbocycles. The van der Waals surface area contributed by atoms with Crippen molar-refractivity contribution in [1.82, 2.24) is 0 Å². The monoisotopic (exact) mass is 140 g/mol. The fraction of sp³-hybridized carbons (Fsp3) is 0.625. The second kappa shape index (κ2) is 5.18. The molecule has 0 aromatic heterocycles. The Morgan fingerprint density at radius 2 is 2.10 bits per heavy atom. The molecule has 0 unspecified atom stereocenters. The average Bonchev–Trinajstić information content (AvgIpc) is 1.86. The Bertz CT molecular complexity index is 141. The second-order valence-electron chi connectivity index (χ2n) is 2.38. The molecule has 2 N–H and O–H groups in total. The second-order valence-corrected chi connectivity index (χ2v) is 2.38. The molecule has 2 heteroatoms. The molecule has 0 atom stereocenters. The summed E-state index contributed by atoms with van der Waals surface area (Å²) in [5.41, 5.74) is 7.54. The normalized spacial score (nSPS) is 11.4. The topological polar surface area (TPSA) is 38.4 Å². The lowest BCUT2D eigenvalue weighted by Gasteiger charge is -1.97. The molecule has 0 aromatic carbocycles. The van der Waals surface area contributed by atoms with Crippen molar-refractivity contribution in [2.75, 3.05) is 6.54 Å². The molecule has 0 aliphatic rings. The first-order chi connectivity index (χ1) is 4.70. The van der Waals surface area contributed by atoms with Crippen LogP contribution in [0.15, 0.2) is 16.8 Å². The van der Waals surface area contributed by atoms with Gasteiger partial charge in [0.05, 0.1) is 0 Å². The van der Waals surface area contributed by atoms with Gasteiger partial charge in [0.1, 0.15) is 0 Å². The molecule has 0 aliphatic carbocycles. The molecule has 10 heavy (non-hydrogen) atoms. The molecule has 0 bridgehead atoms. The molecule has 0 saturated heterocycles. The lowest BCUT2D eigenvalue weighted by Crippen LogP contribution is -1.99. The number of nitrogens with zero attached hydrogens (tertiary/aromatic N) is 1. The number of allylic oxidation sites excluding steroid dienone is 1. The van der Waals surface area contributed by atoms with E-state index in [4.69, 9.17) is 5.73 Å². The molecule has 0 fully saturated rings. The van der Waals surface area contributed by atoms with Gasteiger partial charge in [-0.15, -0.1) is 0 Å². The Balaban J connectivity index is 3.98. The van der Waals surface area contributed by atoms with Crippen molar-refractivity contribution in [3.05, 3.63) is 11.8 Å². The van der Waals surface area contributed by atoms with Crippen molar-refractivity contribution in [2.45, 2.75) is 27.2 Å². The zero-order valence-corrected chi connectivity index (χ0v) is 7.02. The SMILES string of the molecule is C/C=C(/CCN)N=C(C)C. The van der Waals surface area contributed by atoms with E-state index in [-0.39, 0.29) is 0 Å². The van der Waals surface area contributed by atoms with Crippen LogP contribution >= 0.6 is 0 Å². The zero-order valence-electron chi connectivity index (χ0n) is 7.02. The van der Waals surface area contributed by atoms with E-state index in [0.29, 0.717) is 6.54 Å². The summed E-state index contributed by atoms with van der Waals surface area (Å²) in [6.45, 7) is 6.63. The fourth-order valence-electron chi connectivity index (χ4n) is 0.700. The van der Waals surface area contributed by atoms with Crippen LogP contribution in [0.25, 0.3) is 0 Å². The van der Waals surface area contributed by atoms with Crippen LogP contribution in [0, 0.1) is 0 Å². The van der Waals surface area contributed by atoms with Crippen LogP contribution in [0.2, 0.25) is 0 Å². The highest BCUT2D eigenvalue weighted by Crippen LogP contribution is 2.01. The van der Waals surface area contributed by atoms with Gasteiger partial charge in [-0.25, -0.2) is 0 Å². The molecular formula is C8H16N2. The Kier molecular flexibility index (Phi) is 4.85. The Morgan fingerprint density at radius 3 is 2.40 bits per heavy atom. The van der Waals surface area contributed by atoms with Gasteiger partial charge in [0, 0.05) is 17.8 Å². The van der Waals surface area contributed by atoms with E-state index in [2.05, 4.69) is 4.99 Å². The van der Waals surface area contributed by atoms with Crippen LogP contribution in [-0.4, -0.2) is 12.3 Å². The molecule has 0 amide bonds. The van der Waals surface area contributed by atoms with Crippen LogP contribution in [0.1, 0.15) is 27.2 Å². The summed E-state index contributed by atoms with van der Waals surface area (Å²) in [7, 11) is 0. The van der Waals surface area contributed by atoms with Crippen molar-refractivity contribution in [2.24, 2.45) is 10.7 Å². The van der Waals surface area contributed by atoms with E-state index in [1.807, 2.05) is 26.8 Å². The van der Waals surface area contributed by atoms with Gasteiger partial charge in [0.2, 0.25) is 0 Å². The van der Waals surface area contributed by atoms with E-state index < -0.39 is 0 Å². The first kappa shape index (κ1) is 9.37. The summed E-state index contributed by atoms with van der Waals surface area (Å²) in [6, 6.07) is 0. The van der Waals surface area contributed by atoms with Gasteiger partial charge in [0.15, 0.2) is 0 Å². The standard InChI is InChI=1S/C8H16N2/c1-4-8(5-6-9)10-7(2)3/h4H,5-6,9H2,1-3H3/b8-4-.